The number of nitrogens with zero attached hydrogens (tertiary/aromatic N) is 1. The molecular formula is C21H24BF2N2+. The monoisotopic (exact) mass is 353 g/mol. The zero-order valence-corrected chi connectivity index (χ0v) is 15.7. The van der Waals surface area contributed by atoms with Gasteiger partial charge in [0.2, 0.25) is 0 Å². The predicted octanol–water partition coefficient (Wildman–Crippen LogP) is 5.86. The summed E-state index contributed by atoms with van der Waals surface area (Å²) in [6, 6.07) is 12.2. The number of aryl methyl sites for hydroxylation is 1. The van der Waals surface area contributed by atoms with Crippen LogP contribution in [0.15, 0.2) is 53.2 Å². The van der Waals surface area contributed by atoms with Crippen LogP contribution in [-0.4, -0.2) is 22.6 Å². The van der Waals surface area contributed by atoms with Gasteiger partial charge in [0.15, 0.2) is 11.4 Å². The van der Waals surface area contributed by atoms with Gasteiger partial charge in [0.1, 0.15) is 0 Å². The summed E-state index contributed by atoms with van der Waals surface area (Å²) >= 11 is 0. The summed E-state index contributed by atoms with van der Waals surface area (Å²) in [7, 11) is -2.54. The van der Waals surface area contributed by atoms with Crippen LogP contribution in [0.25, 0.3) is 17.3 Å². The molecule has 0 spiro atoms. The summed E-state index contributed by atoms with van der Waals surface area (Å²) in [6.07, 6.45) is 3.58. The zero-order valence-electron chi connectivity index (χ0n) is 15.7. The highest BCUT2D eigenvalue weighted by Gasteiger charge is 2.45. The predicted molar refractivity (Wildman–Crippen MR) is 105 cm³/mol. The molecule has 26 heavy (non-hydrogen) atoms. The number of rotatable bonds is 5. The van der Waals surface area contributed by atoms with Gasteiger partial charge in [-0.3, -0.25) is 0 Å². The molecule has 0 aliphatic carbocycles. The molecule has 0 unspecified atom stereocenters. The molecule has 5 heteroatoms. The van der Waals surface area contributed by atoms with Crippen LogP contribution in [0.1, 0.15) is 44.9 Å². The number of halogens is 2. The van der Waals surface area contributed by atoms with Crippen LogP contribution in [0.3, 0.4) is 0 Å². The van der Waals surface area contributed by atoms with Crippen molar-refractivity contribution in [3.8, 4) is 11.3 Å². The Morgan fingerprint density at radius 3 is 2.35 bits per heavy atom. The maximum Gasteiger partial charge on any atom is 0.934 e. The lowest BCUT2D eigenvalue weighted by molar-refractivity contribution is -0.342. The van der Waals surface area contributed by atoms with Gasteiger partial charge in [-0.25, -0.2) is 13.1 Å². The van der Waals surface area contributed by atoms with E-state index in [4.69, 9.17) is 0 Å². The first kappa shape index (κ1) is 18.4. The molecule has 0 atom stereocenters. The van der Waals surface area contributed by atoms with Crippen LogP contribution in [0.5, 0.6) is 0 Å². The molecule has 3 rings (SSSR count). The van der Waals surface area contributed by atoms with E-state index in [1.165, 1.54) is 5.56 Å². The minimum absolute atomic E-state index is 0.582. The van der Waals surface area contributed by atoms with Gasteiger partial charge in [-0.1, -0.05) is 43.2 Å². The van der Waals surface area contributed by atoms with Gasteiger partial charge in [-0.15, -0.1) is 0 Å². The fourth-order valence-corrected chi connectivity index (χ4v) is 3.53. The zero-order chi connectivity index (χ0) is 18.8. The van der Waals surface area contributed by atoms with Crippen molar-refractivity contribution in [1.82, 2.24) is 4.98 Å². The van der Waals surface area contributed by atoms with Gasteiger partial charge in [-0.05, 0) is 38.0 Å². The maximum atomic E-state index is 13.7. The molecule has 2 aromatic rings. The number of hydrogen-bond donors (Lipinski definition) is 1. The third-order valence-corrected chi connectivity index (χ3v) is 4.95. The van der Waals surface area contributed by atoms with E-state index in [-0.39, 0.29) is 0 Å². The van der Waals surface area contributed by atoms with Crippen LogP contribution in [-0.2, 0) is 0 Å². The Kier molecular flexibility index (Phi) is 5.26. The van der Waals surface area contributed by atoms with Gasteiger partial charge in [0.05, 0.1) is 0 Å². The van der Waals surface area contributed by atoms with Crippen LogP contribution >= 0.6 is 0 Å². The molecule has 0 radical (unpaired) electrons. The second-order valence-corrected chi connectivity index (χ2v) is 6.81. The van der Waals surface area contributed by atoms with Gasteiger partial charge >= 0.3 is 7.40 Å². The first-order valence-corrected chi connectivity index (χ1v) is 9.01. The SMILES string of the molecule is CCCC1=C(C)/C(=C/c2ccc(-c3ccc(C)cc3)[nH]2)[N+](B(F)F)=C1C. The molecule has 134 valence electrons. The number of benzene rings is 1. The van der Waals surface area contributed by atoms with Crippen molar-refractivity contribution in [1.29, 1.82) is 0 Å². The smallest absolute Gasteiger partial charge is 0.355 e. The summed E-state index contributed by atoms with van der Waals surface area (Å²) in [6.45, 7) is 7.84. The lowest BCUT2D eigenvalue weighted by atomic mass is 10.0. The number of hydrogen-bond acceptors (Lipinski definition) is 0. The molecule has 1 aliphatic rings. The second kappa shape index (κ2) is 7.44. The Labute approximate surface area is 154 Å². The molecule has 0 fully saturated rings. The average molecular weight is 353 g/mol. The summed E-state index contributed by atoms with van der Waals surface area (Å²) in [4.78, 5) is 3.34. The van der Waals surface area contributed by atoms with Gasteiger partial charge in [0, 0.05) is 35.5 Å². The fraction of sp³-hybridized carbons (Fsp3) is 0.286. The summed E-state index contributed by atoms with van der Waals surface area (Å²) in [5.74, 6) is 0. The largest absolute Gasteiger partial charge is 0.934 e. The molecule has 1 aromatic heterocycles. The first-order chi connectivity index (χ1) is 12.4. The number of aromatic nitrogens is 1. The lowest BCUT2D eigenvalue weighted by Crippen LogP contribution is -2.24. The molecule has 2 heterocycles. The van der Waals surface area contributed by atoms with E-state index in [1.807, 2.05) is 25.1 Å². The molecule has 0 bridgehead atoms. The van der Waals surface area contributed by atoms with Crippen molar-refractivity contribution in [3.63, 3.8) is 0 Å². The van der Waals surface area contributed by atoms with E-state index in [1.54, 1.807) is 6.92 Å². The van der Waals surface area contributed by atoms with Crippen LogP contribution in [0, 0.1) is 6.92 Å². The minimum atomic E-state index is -2.54. The van der Waals surface area contributed by atoms with E-state index in [9.17, 15) is 8.63 Å². The van der Waals surface area contributed by atoms with Gasteiger partial charge in [-0.2, -0.15) is 0 Å². The summed E-state index contributed by atoms with van der Waals surface area (Å²) < 4.78 is 28.5. The minimum Gasteiger partial charge on any atom is -0.355 e. The Hall–Kier alpha value is -2.43. The standard InChI is InChI=1S/C21H23BF2N2/c1-5-6-19-15(3)21(26(16(19)4)22(23)24)13-18-11-12-20(25-18)17-9-7-14(2)8-10-17/h7-13H,5-6H2,1-4H3/p+1. The Morgan fingerprint density at radius 1 is 1.04 bits per heavy atom. The molecule has 1 N–H and O–H groups in total. The summed E-state index contributed by atoms with van der Waals surface area (Å²) in [5.41, 5.74) is 7.31. The van der Waals surface area contributed by atoms with E-state index in [0.717, 1.165) is 45.4 Å². The molecule has 0 amide bonds. The Morgan fingerprint density at radius 2 is 1.73 bits per heavy atom. The van der Waals surface area contributed by atoms with Gasteiger partial charge in [0.25, 0.3) is 0 Å². The van der Waals surface area contributed by atoms with Crippen molar-refractivity contribution >= 4 is 19.2 Å². The summed E-state index contributed by atoms with van der Waals surface area (Å²) in [5, 5.41) is 0. The Balaban J connectivity index is 1.99. The van der Waals surface area contributed by atoms with Gasteiger partial charge < -0.3 is 4.98 Å². The molecular weight excluding hydrogens is 329 g/mol. The molecule has 0 saturated heterocycles. The van der Waals surface area contributed by atoms with Crippen LogP contribution in [0.2, 0.25) is 0 Å². The molecule has 0 saturated carbocycles. The number of H-pyrrole nitrogens is 1. The molecule has 1 aliphatic heterocycles. The van der Waals surface area contributed by atoms with Crippen molar-refractivity contribution < 1.29 is 13.1 Å². The third-order valence-electron chi connectivity index (χ3n) is 4.95. The highest BCUT2D eigenvalue weighted by molar-refractivity contribution is 6.35. The van der Waals surface area contributed by atoms with Crippen LogP contribution < -0.4 is 0 Å². The van der Waals surface area contributed by atoms with E-state index in [0.29, 0.717) is 11.4 Å². The average Bonchev–Trinajstić information content (AvgIpc) is 3.15. The van der Waals surface area contributed by atoms with Crippen molar-refractivity contribution in [3.05, 3.63) is 64.5 Å². The molecule has 2 nitrogen and oxygen atoms in total. The first-order valence-electron chi connectivity index (χ1n) is 9.01. The van der Waals surface area contributed by atoms with E-state index >= 15 is 0 Å². The highest BCUT2D eigenvalue weighted by Crippen LogP contribution is 2.31. The topological polar surface area (TPSA) is 18.8 Å². The van der Waals surface area contributed by atoms with Crippen LogP contribution in [0.4, 0.5) is 8.63 Å². The van der Waals surface area contributed by atoms with E-state index < -0.39 is 7.40 Å². The normalized spacial score (nSPS) is 16.2. The molecule has 1 aromatic carbocycles. The van der Waals surface area contributed by atoms with Crippen molar-refractivity contribution in [2.45, 2.75) is 40.5 Å². The maximum absolute atomic E-state index is 13.7. The fourth-order valence-electron chi connectivity index (χ4n) is 3.53. The third kappa shape index (κ3) is 3.43. The van der Waals surface area contributed by atoms with Crippen molar-refractivity contribution in [2.24, 2.45) is 0 Å². The quantitative estimate of drug-likeness (QED) is 0.650. The number of nitrogens with one attached hydrogen (secondary N) is 1. The lowest BCUT2D eigenvalue weighted by Gasteiger charge is -2.01. The second-order valence-electron chi connectivity index (χ2n) is 6.81. The Bertz CT molecular complexity index is 902. The number of aromatic amines is 1. The van der Waals surface area contributed by atoms with Crippen molar-refractivity contribution in [2.75, 3.05) is 0 Å². The number of allylic oxidation sites excluding steroid dienone is 2. The van der Waals surface area contributed by atoms with E-state index in [2.05, 4.69) is 43.1 Å². The highest BCUT2D eigenvalue weighted by atomic mass is 19.2.